The molecular weight excluding hydrogens is 186 g/mol. The molecule has 0 unspecified atom stereocenters. The molecule has 1 aliphatic heterocycles. The Labute approximate surface area is 82.6 Å². The van der Waals surface area contributed by atoms with Gasteiger partial charge in [0.25, 0.3) is 5.91 Å². The maximum atomic E-state index is 11.4. The van der Waals surface area contributed by atoms with Crippen molar-refractivity contribution in [2.75, 3.05) is 6.61 Å². The van der Waals surface area contributed by atoms with Gasteiger partial charge in [0.15, 0.2) is 0 Å². The molecule has 0 aromatic rings. The van der Waals surface area contributed by atoms with E-state index in [2.05, 4.69) is 0 Å². The molecule has 1 N–H and O–H groups in total. The Hall–Kier alpha value is -1.10. The van der Waals surface area contributed by atoms with Crippen LogP contribution in [0, 0.1) is 5.92 Å². The molecule has 0 aromatic heterocycles. The number of ether oxygens (including phenoxy) is 1. The van der Waals surface area contributed by atoms with Gasteiger partial charge in [0.1, 0.15) is 12.7 Å². The SMILES string of the molecule is CC(C)[C@H]1COC(=O)N1C(=O)[C@@H](C)O. The number of cyclic esters (lactones) is 1. The molecule has 0 spiro atoms. The third-order valence-electron chi connectivity index (χ3n) is 2.27. The van der Waals surface area contributed by atoms with Gasteiger partial charge in [-0.25, -0.2) is 9.69 Å². The fraction of sp³-hybridized carbons (Fsp3) is 0.778. The molecule has 2 amide bonds. The van der Waals surface area contributed by atoms with E-state index in [-0.39, 0.29) is 18.6 Å². The minimum atomic E-state index is -1.16. The van der Waals surface area contributed by atoms with Crippen LogP contribution in [0.5, 0.6) is 0 Å². The van der Waals surface area contributed by atoms with Gasteiger partial charge in [0.05, 0.1) is 6.04 Å². The first-order valence-electron chi connectivity index (χ1n) is 4.63. The minimum absolute atomic E-state index is 0.129. The van der Waals surface area contributed by atoms with Gasteiger partial charge < -0.3 is 9.84 Å². The number of carbonyl (C=O) groups excluding carboxylic acids is 2. The number of hydrogen-bond acceptors (Lipinski definition) is 4. The second kappa shape index (κ2) is 3.96. The summed E-state index contributed by atoms with van der Waals surface area (Å²) in [5, 5.41) is 9.10. The fourth-order valence-corrected chi connectivity index (χ4v) is 1.38. The van der Waals surface area contributed by atoms with Crippen LogP contribution in [-0.2, 0) is 9.53 Å². The third-order valence-corrected chi connectivity index (χ3v) is 2.27. The maximum Gasteiger partial charge on any atom is 0.417 e. The van der Waals surface area contributed by atoms with Gasteiger partial charge in [-0.3, -0.25) is 4.79 Å². The predicted molar refractivity (Wildman–Crippen MR) is 48.5 cm³/mol. The van der Waals surface area contributed by atoms with E-state index in [9.17, 15) is 9.59 Å². The highest BCUT2D eigenvalue weighted by Crippen LogP contribution is 2.20. The lowest BCUT2D eigenvalue weighted by atomic mass is 10.0. The van der Waals surface area contributed by atoms with Crippen LogP contribution in [0.4, 0.5) is 4.79 Å². The van der Waals surface area contributed by atoms with Gasteiger partial charge >= 0.3 is 6.09 Å². The summed E-state index contributed by atoms with van der Waals surface area (Å²) in [5.74, 6) is -0.463. The molecule has 0 aliphatic carbocycles. The van der Waals surface area contributed by atoms with E-state index >= 15 is 0 Å². The lowest BCUT2D eigenvalue weighted by Crippen LogP contribution is -2.45. The van der Waals surface area contributed by atoms with Gasteiger partial charge in [-0.05, 0) is 12.8 Å². The van der Waals surface area contributed by atoms with E-state index in [4.69, 9.17) is 9.84 Å². The summed E-state index contributed by atoms with van der Waals surface area (Å²) in [6, 6.07) is -0.260. The number of aliphatic hydroxyl groups excluding tert-OH is 1. The van der Waals surface area contributed by atoms with Crippen molar-refractivity contribution in [3.05, 3.63) is 0 Å². The first-order chi connectivity index (χ1) is 6.45. The molecule has 5 nitrogen and oxygen atoms in total. The van der Waals surface area contributed by atoms with Crippen molar-refractivity contribution >= 4 is 12.0 Å². The quantitative estimate of drug-likeness (QED) is 0.701. The maximum absolute atomic E-state index is 11.4. The Morgan fingerprint density at radius 2 is 2.14 bits per heavy atom. The predicted octanol–water partition coefficient (Wildman–Crippen LogP) is 0.371. The number of hydrogen-bond donors (Lipinski definition) is 1. The number of rotatable bonds is 2. The number of imide groups is 1. The molecule has 0 saturated carbocycles. The molecule has 0 bridgehead atoms. The molecule has 1 saturated heterocycles. The number of nitrogens with zero attached hydrogens (tertiary/aromatic N) is 1. The summed E-state index contributed by atoms with van der Waals surface area (Å²) >= 11 is 0. The van der Waals surface area contributed by atoms with Crippen LogP contribution >= 0.6 is 0 Å². The highest BCUT2D eigenvalue weighted by atomic mass is 16.6. The first-order valence-corrected chi connectivity index (χ1v) is 4.63. The van der Waals surface area contributed by atoms with Gasteiger partial charge in [0.2, 0.25) is 0 Å². The molecule has 80 valence electrons. The average molecular weight is 201 g/mol. The summed E-state index contributed by atoms with van der Waals surface area (Å²) in [6.45, 7) is 5.35. The van der Waals surface area contributed by atoms with Gasteiger partial charge in [-0.2, -0.15) is 0 Å². The van der Waals surface area contributed by atoms with Gasteiger partial charge in [-0.1, -0.05) is 13.8 Å². The summed E-state index contributed by atoms with van der Waals surface area (Å²) < 4.78 is 4.77. The van der Waals surface area contributed by atoms with E-state index < -0.39 is 18.1 Å². The van der Waals surface area contributed by atoms with E-state index in [1.54, 1.807) is 0 Å². The number of carbonyl (C=O) groups is 2. The van der Waals surface area contributed by atoms with Crippen molar-refractivity contribution in [2.24, 2.45) is 5.92 Å². The molecule has 14 heavy (non-hydrogen) atoms. The normalized spacial score (nSPS) is 23.9. The summed E-state index contributed by atoms with van der Waals surface area (Å²) in [7, 11) is 0. The van der Waals surface area contributed by atoms with Crippen molar-refractivity contribution in [1.82, 2.24) is 4.90 Å². The molecule has 1 rings (SSSR count). The molecule has 0 aromatic carbocycles. The smallest absolute Gasteiger partial charge is 0.417 e. The topological polar surface area (TPSA) is 66.8 Å². The largest absolute Gasteiger partial charge is 0.447 e. The Balaban J connectivity index is 2.82. The number of amides is 2. The summed E-state index contributed by atoms with van der Waals surface area (Å²) in [5.41, 5.74) is 0. The Morgan fingerprint density at radius 1 is 1.57 bits per heavy atom. The third kappa shape index (κ3) is 1.87. The Kier molecular flexibility index (Phi) is 3.10. The molecular formula is C9H15NO4. The summed E-state index contributed by atoms with van der Waals surface area (Å²) in [6.07, 6.45) is -1.82. The van der Waals surface area contributed by atoms with Crippen molar-refractivity contribution in [1.29, 1.82) is 0 Å². The molecule has 1 heterocycles. The lowest BCUT2D eigenvalue weighted by Gasteiger charge is -2.23. The average Bonchev–Trinajstić information content (AvgIpc) is 2.45. The van der Waals surface area contributed by atoms with Crippen LogP contribution in [0.1, 0.15) is 20.8 Å². The molecule has 2 atom stereocenters. The van der Waals surface area contributed by atoms with E-state index in [0.29, 0.717) is 0 Å². The lowest BCUT2D eigenvalue weighted by molar-refractivity contribution is -0.137. The molecule has 1 fully saturated rings. The Morgan fingerprint density at radius 3 is 2.57 bits per heavy atom. The van der Waals surface area contributed by atoms with E-state index in [1.807, 2.05) is 13.8 Å². The van der Waals surface area contributed by atoms with Crippen molar-refractivity contribution in [3.8, 4) is 0 Å². The van der Waals surface area contributed by atoms with Crippen LogP contribution in [0.25, 0.3) is 0 Å². The zero-order valence-corrected chi connectivity index (χ0v) is 8.56. The fourth-order valence-electron chi connectivity index (χ4n) is 1.38. The second-order valence-electron chi connectivity index (χ2n) is 3.77. The van der Waals surface area contributed by atoms with Crippen LogP contribution < -0.4 is 0 Å². The van der Waals surface area contributed by atoms with Crippen LogP contribution in [0.15, 0.2) is 0 Å². The monoisotopic (exact) mass is 201 g/mol. The second-order valence-corrected chi connectivity index (χ2v) is 3.77. The molecule has 1 aliphatic rings. The minimum Gasteiger partial charge on any atom is -0.447 e. The zero-order chi connectivity index (χ0) is 10.9. The van der Waals surface area contributed by atoms with Crippen LogP contribution in [0.2, 0.25) is 0 Å². The molecule has 5 heteroatoms. The highest BCUT2D eigenvalue weighted by Gasteiger charge is 2.40. The molecule has 0 radical (unpaired) electrons. The highest BCUT2D eigenvalue weighted by molar-refractivity contribution is 5.95. The van der Waals surface area contributed by atoms with E-state index in [1.165, 1.54) is 6.92 Å². The van der Waals surface area contributed by atoms with Crippen LogP contribution in [-0.4, -0.2) is 40.8 Å². The summed E-state index contributed by atoms with van der Waals surface area (Å²) in [4.78, 5) is 23.7. The standard InChI is InChI=1S/C9H15NO4/c1-5(2)7-4-14-9(13)10(7)8(12)6(3)11/h5-7,11H,4H2,1-3H3/t6-,7-/m1/s1. The van der Waals surface area contributed by atoms with Crippen molar-refractivity contribution in [3.63, 3.8) is 0 Å². The van der Waals surface area contributed by atoms with Crippen molar-refractivity contribution in [2.45, 2.75) is 32.9 Å². The van der Waals surface area contributed by atoms with E-state index in [0.717, 1.165) is 4.90 Å². The van der Waals surface area contributed by atoms with Gasteiger partial charge in [-0.15, -0.1) is 0 Å². The number of aliphatic hydroxyl groups is 1. The zero-order valence-electron chi connectivity index (χ0n) is 8.56. The van der Waals surface area contributed by atoms with Crippen LogP contribution in [0.3, 0.4) is 0 Å². The first kappa shape index (κ1) is 11.0. The van der Waals surface area contributed by atoms with Crippen molar-refractivity contribution < 1.29 is 19.4 Å². The van der Waals surface area contributed by atoms with Gasteiger partial charge in [0, 0.05) is 0 Å². The Bertz CT molecular complexity index is 249.